The van der Waals surface area contributed by atoms with Gasteiger partial charge in [0.05, 0.1) is 17.7 Å². The SMILES string of the molecule is Cc1c(-c2noc(-c3ccc(OC(C)C)c(C#N)c3)n2)ccc2c1CCN(C(=O)O)C2C(C)(C)C. The van der Waals surface area contributed by atoms with Crippen LogP contribution >= 0.6 is 0 Å². The normalized spacial score (nSPS) is 15.6. The minimum atomic E-state index is -0.901. The summed E-state index contributed by atoms with van der Waals surface area (Å²) in [4.78, 5) is 18.1. The van der Waals surface area contributed by atoms with Crippen LogP contribution in [-0.4, -0.2) is 38.9 Å². The molecule has 0 radical (unpaired) electrons. The number of fused-ring (bicyclic) bond motifs is 1. The van der Waals surface area contributed by atoms with E-state index in [0.29, 0.717) is 41.6 Å². The van der Waals surface area contributed by atoms with Crippen molar-refractivity contribution in [2.24, 2.45) is 5.41 Å². The third-order valence-corrected chi connectivity index (χ3v) is 6.29. The lowest BCUT2D eigenvalue weighted by atomic mass is 9.75. The van der Waals surface area contributed by atoms with Crippen LogP contribution in [0, 0.1) is 23.7 Å². The van der Waals surface area contributed by atoms with Gasteiger partial charge in [-0.1, -0.05) is 38.1 Å². The zero-order valence-electron chi connectivity index (χ0n) is 20.9. The molecule has 1 atom stereocenters. The number of amides is 1. The average molecular weight is 475 g/mol. The van der Waals surface area contributed by atoms with Crippen molar-refractivity contribution in [2.75, 3.05) is 6.54 Å². The largest absolute Gasteiger partial charge is 0.490 e. The zero-order valence-corrected chi connectivity index (χ0v) is 20.9. The Kier molecular flexibility index (Phi) is 6.28. The maximum atomic E-state index is 11.9. The molecule has 1 N–H and O–H groups in total. The fourth-order valence-electron chi connectivity index (χ4n) is 4.83. The molecule has 2 aromatic carbocycles. The standard InChI is InChI=1S/C27H30N4O4/c1-15(2)34-22-10-7-17(13-18(22)14-28)25-29-24(30-35-25)20-8-9-21-19(16(20)3)11-12-31(26(32)33)23(21)27(4,5)6/h7-10,13,15,23H,11-12H2,1-6H3,(H,32,33). The van der Waals surface area contributed by atoms with Crippen LogP contribution in [0.25, 0.3) is 22.8 Å². The predicted molar refractivity (Wildman–Crippen MR) is 131 cm³/mol. The smallest absolute Gasteiger partial charge is 0.407 e. The van der Waals surface area contributed by atoms with Gasteiger partial charge in [-0.3, -0.25) is 0 Å². The number of hydrogen-bond acceptors (Lipinski definition) is 6. The summed E-state index contributed by atoms with van der Waals surface area (Å²) in [5.41, 5.74) is 4.80. The molecule has 35 heavy (non-hydrogen) atoms. The van der Waals surface area contributed by atoms with Gasteiger partial charge in [-0.25, -0.2) is 4.79 Å². The highest BCUT2D eigenvalue weighted by atomic mass is 16.5. The highest BCUT2D eigenvalue weighted by Gasteiger charge is 2.39. The van der Waals surface area contributed by atoms with Crippen molar-refractivity contribution < 1.29 is 19.2 Å². The first-order chi connectivity index (χ1) is 16.5. The van der Waals surface area contributed by atoms with Gasteiger partial charge >= 0.3 is 6.09 Å². The summed E-state index contributed by atoms with van der Waals surface area (Å²) in [5.74, 6) is 1.28. The fourth-order valence-corrected chi connectivity index (χ4v) is 4.83. The Bertz CT molecular complexity index is 1310. The lowest BCUT2D eigenvalue weighted by Crippen LogP contribution is -2.44. The van der Waals surface area contributed by atoms with E-state index in [2.05, 4.69) is 37.0 Å². The van der Waals surface area contributed by atoms with Gasteiger partial charge in [-0.2, -0.15) is 10.2 Å². The summed E-state index contributed by atoms with van der Waals surface area (Å²) >= 11 is 0. The summed E-state index contributed by atoms with van der Waals surface area (Å²) in [6, 6.07) is 11.1. The molecule has 1 amide bonds. The zero-order chi connectivity index (χ0) is 25.5. The highest BCUT2D eigenvalue weighted by molar-refractivity contribution is 5.70. The van der Waals surface area contributed by atoms with Gasteiger partial charge in [0.25, 0.3) is 5.89 Å². The van der Waals surface area contributed by atoms with E-state index in [-0.39, 0.29) is 17.6 Å². The van der Waals surface area contributed by atoms with E-state index in [1.54, 1.807) is 18.2 Å². The average Bonchev–Trinajstić information content (AvgIpc) is 3.27. The van der Waals surface area contributed by atoms with Crippen LogP contribution in [0.5, 0.6) is 5.75 Å². The van der Waals surface area contributed by atoms with Crippen molar-refractivity contribution in [3.63, 3.8) is 0 Å². The van der Waals surface area contributed by atoms with E-state index in [1.807, 2.05) is 32.9 Å². The topological polar surface area (TPSA) is 112 Å². The monoisotopic (exact) mass is 474 g/mol. The van der Waals surface area contributed by atoms with Crippen LogP contribution in [-0.2, 0) is 6.42 Å². The lowest BCUT2D eigenvalue weighted by molar-refractivity contribution is 0.0758. The second-order valence-corrected chi connectivity index (χ2v) is 10.2. The Morgan fingerprint density at radius 2 is 2.03 bits per heavy atom. The van der Waals surface area contributed by atoms with Crippen LogP contribution < -0.4 is 4.74 Å². The quantitative estimate of drug-likeness (QED) is 0.494. The maximum Gasteiger partial charge on any atom is 0.407 e. The van der Waals surface area contributed by atoms with Crippen LogP contribution in [0.4, 0.5) is 4.79 Å². The molecule has 0 saturated heterocycles. The number of carboxylic acid groups (broad SMARTS) is 1. The number of carbonyl (C=O) groups is 1. The number of nitrogens with zero attached hydrogens (tertiary/aromatic N) is 4. The van der Waals surface area contributed by atoms with E-state index < -0.39 is 6.09 Å². The molecule has 1 aliphatic rings. The molecule has 2 heterocycles. The molecule has 0 aliphatic carbocycles. The number of nitriles is 1. The number of benzene rings is 2. The van der Waals surface area contributed by atoms with Crippen molar-refractivity contribution >= 4 is 6.09 Å². The van der Waals surface area contributed by atoms with Crippen molar-refractivity contribution in [3.05, 3.63) is 52.6 Å². The van der Waals surface area contributed by atoms with E-state index in [9.17, 15) is 15.2 Å². The minimum Gasteiger partial charge on any atom is -0.490 e. The predicted octanol–water partition coefficient (Wildman–Crippen LogP) is 5.99. The summed E-state index contributed by atoms with van der Waals surface area (Å²) in [7, 11) is 0. The first-order valence-corrected chi connectivity index (χ1v) is 11.7. The number of ether oxygens (including phenoxy) is 1. The van der Waals surface area contributed by atoms with Gasteiger partial charge in [0.2, 0.25) is 5.82 Å². The third-order valence-electron chi connectivity index (χ3n) is 6.29. The second kappa shape index (κ2) is 9.06. The molecule has 1 aliphatic heterocycles. The van der Waals surface area contributed by atoms with Crippen molar-refractivity contribution in [1.29, 1.82) is 5.26 Å². The molecule has 1 unspecified atom stereocenters. The van der Waals surface area contributed by atoms with Crippen LogP contribution in [0.2, 0.25) is 0 Å². The molecule has 0 bridgehead atoms. The molecule has 3 aromatic rings. The number of rotatable bonds is 4. The second-order valence-electron chi connectivity index (χ2n) is 10.2. The third kappa shape index (κ3) is 4.59. The highest BCUT2D eigenvalue weighted by Crippen LogP contribution is 2.44. The van der Waals surface area contributed by atoms with Crippen molar-refractivity contribution in [2.45, 2.75) is 60.1 Å². The summed E-state index contributed by atoms with van der Waals surface area (Å²) in [6.45, 7) is 12.4. The van der Waals surface area contributed by atoms with Gasteiger partial charge in [0.1, 0.15) is 11.8 Å². The Hall–Kier alpha value is -3.86. The van der Waals surface area contributed by atoms with E-state index in [4.69, 9.17) is 9.26 Å². The summed E-state index contributed by atoms with van der Waals surface area (Å²) in [6.07, 6.45) is -0.321. The van der Waals surface area contributed by atoms with Crippen LogP contribution in [0.3, 0.4) is 0 Å². The molecule has 1 aromatic heterocycles. The molecule has 0 fully saturated rings. The van der Waals surface area contributed by atoms with Gasteiger partial charge in [-0.05, 0) is 67.5 Å². The Morgan fingerprint density at radius 1 is 1.29 bits per heavy atom. The minimum absolute atomic E-state index is 0.0459. The van der Waals surface area contributed by atoms with Crippen LogP contribution in [0.15, 0.2) is 34.9 Å². The molecular formula is C27H30N4O4. The number of hydrogen-bond donors (Lipinski definition) is 1. The van der Waals surface area contributed by atoms with E-state index in [0.717, 1.165) is 22.3 Å². The number of aromatic nitrogens is 2. The summed E-state index contributed by atoms with van der Waals surface area (Å²) in [5, 5.41) is 23.5. The lowest BCUT2D eigenvalue weighted by Gasteiger charge is -2.43. The van der Waals surface area contributed by atoms with Gasteiger partial charge in [-0.15, -0.1) is 0 Å². The molecule has 8 heteroatoms. The van der Waals surface area contributed by atoms with E-state index >= 15 is 0 Å². The van der Waals surface area contributed by atoms with Crippen molar-refractivity contribution in [1.82, 2.24) is 15.0 Å². The Labute approximate surface area is 205 Å². The fraction of sp³-hybridized carbons (Fsp3) is 0.407. The van der Waals surface area contributed by atoms with Crippen molar-refractivity contribution in [3.8, 4) is 34.7 Å². The molecule has 0 spiro atoms. The maximum absolute atomic E-state index is 11.9. The summed E-state index contributed by atoms with van der Waals surface area (Å²) < 4.78 is 11.2. The Morgan fingerprint density at radius 3 is 2.66 bits per heavy atom. The molecule has 0 saturated carbocycles. The van der Waals surface area contributed by atoms with Gasteiger partial charge in [0, 0.05) is 17.7 Å². The molecular weight excluding hydrogens is 444 g/mol. The van der Waals surface area contributed by atoms with Gasteiger partial charge in [0.15, 0.2) is 0 Å². The first-order valence-electron chi connectivity index (χ1n) is 11.7. The molecule has 182 valence electrons. The Balaban J connectivity index is 1.71. The van der Waals surface area contributed by atoms with Gasteiger partial charge < -0.3 is 19.3 Å². The first kappa shape index (κ1) is 24.3. The van der Waals surface area contributed by atoms with Crippen LogP contribution in [0.1, 0.15) is 62.9 Å². The molecule has 8 nitrogen and oxygen atoms in total. The van der Waals surface area contributed by atoms with E-state index in [1.165, 1.54) is 4.90 Å². The molecule has 4 rings (SSSR count).